The molecule has 1 rings (SSSR count). The van der Waals surface area contributed by atoms with E-state index in [1.54, 1.807) is 11.3 Å². The molecule has 0 aliphatic heterocycles. The second-order valence-electron chi connectivity index (χ2n) is 4.15. The number of halogens is 2. The molecule has 0 aliphatic carbocycles. The zero-order valence-electron chi connectivity index (χ0n) is 10.3. The lowest BCUT2D eigenvalue weighted by atomic mass is 10.0. The number of nitrogens with two attached hydrogens (primary N) is 1. The topological polar surface area (TPSA) is 38.0 Å². The van der Waals surface area contributed by atoms with E-state index < -0.39 is 0 Å². The molecule has 1 aromatic rings. The first-order valence-corrected chi connectivity index (χ1v) is 8.40. The van der Waals surface area contributed by atoms with Gasteiger partial charge in [0.05, 0.1) is 9.83 Å². The molecule has 0 aromatic carbocycles. The minimum atomic E-state index is 0.267. The van der Waals surface area contributed by atoms with E-state index >= 15 is 0 Å². The van der Waals surface area contributed by atoms with Crippen LogP contribution in [0.15, 0.2) is 14.3 Å². The monoisotopic (exact) mass is 382 g/mol. The van der Waals surface area contributed by atoms with Crippen LogP contribution < -0.4 is 11.1 Å². The highest BCUT2D eigenvalue weighted by molar-refractivity contribution is 9.13. The van der Waals surface area contributed by atoms with Crippen LogP contribution in [0, 0.1) is 5.92 Å². The van der Waals surface area contributed by atoms with Crippen molar-refractivity contribution >= 4 is 43.2 Å². The minimum absolute atomic E-state index is 0.267. The molecule has 0 saturated heterocycles. The lowest BCUT2D eigenvalue weighted by Crippen LogP contribution is -2.31. The third kappa shape index (κ3) is 4.63. The van der Waals surface area contributed by atoms with Crippen molar-refractivity contribution in [3.8, 4) is 0 Å². The van der Waals surface area contributed by atoms with E-state index in [9.17, 15) is 0 Å². The van der Waals surface area contributed by atoms with Gasteiger partial charge in [-0.25, -0.2) is 0 Å². The van der Waals surface area contributed by atoms with Crippen molar-refractivity contribution in [3.63, 3.8) is 0 Å². The highest BCUT2D eigenvalue weighted by atomic mass is 79.9. The highest BCUT2D eigenvalue weighted by Crippen LogP contribution is 2.35. The maximum absolute atomic E-state index is 5.85. The molecule has 1 heterocycles. The zero-order chi connectivity index (χ0) is 12.8. The molecule has 5 heteroatoms. The Morgan fingerprint density at radius 1 is 1.35 bits per heavy atom. The van der Waals surface area contributed by atoms with Crippen LogP contribution in [0.25, 0.3) is 0 Å². The maximum Gasteiger partial charge on any atom is 0.0843 e. The van der Waals surface area contributed by atoms with Crippen LogP contribution in [-0.2, 0) is 0 Å². The summed E-state index contributed by atoms with van der Waals surface area (Å²) >= 11 is 8.78. The normalized spacial score (nSPS) is 13.3. The summed E-state index contributed by atoms with van der Waals surface area (Å²) in [5.41, 5.74) is 5.85. The summed E-state index contributed by atoms with van der Waals surface area (Å²) in [6.45, 7) is 6.17. The fraction of sp³-hybridized carbons (Fsp3) is 0.667. The summed E-state index contributed by atoms with van der Waals surface area (Å²) in [6.07, 6.45) is 2.44. The molecule has 1 aromatic heterocycles. The summed E-state index contributed by atoms with van der Waals surface area (Å²) < 4.78 is 2.25. The quantitative estimate of drug-likeness (QED) is 0.736. The number of thiophene rings is 1. The average Bonchev–Trinajstić information content (AvgIpc) is 2.65. The average molecular weight is 384 g/mol. The predicted molar refractivity (Wildman–Crippen MR) is 83.6 cm³/mol. The van der Waals surface area contributed by atoms with Gasteiger partial charge in [0, 0.05) is 15.9 Å². The van der Waals surface area contributed by atoms with Crippen LogP contribution in [0.4, 0.5) is 0 Å². The van der Waals surface area contributed by atoms with Crippen LogP contribution >= 0.6 is 43.2 Å². The predicted octanol–water partition coefficient (Wildman–Crippen LogP) is 4.30. The van der Waals surface area contributed by atoms with Crippen molar-refractivity contribution in [2.24, 2.45) is 11.7 Å². The SMILES string of the molecule is CCC(CC)CNC(CN)c1cc(Br)c(Br)s1. The van der Waals surface area contributed by atoms with Crippen molar-refractivity contribution in [1.29, 1.82) is 0 Å². The fourth-order valence-corrected chi connectivity index (χ4v) is 3.90. The number of rotatable bonds is 7. The minimum Gasteiger partial charge on any atom is -0.329 e. The van der Waals surface area contributed by atoms with Gasteiger partial charge in [0.2, 0.25) is 0 Å². The van der Waals surface area contributed by atoms with Gasteiger partial charge in [0.15, 0.2) is 0 Å². The zero-order valence-corrected chi connectivity index (χ0v) is 14.3. The first-order valence-electron chi connectivity index (χ1n) is 6.00. The Balaban J connectivity index is 2.59. The van der Waals surface area contributed by atoms with E-state index in [0.717, 1.165) is 20.7 Å². The molecule has 1 unspecified atom stereocenters. The Morgan fingerprint density at radius 3 is 2.41 bits per heavy atom. The first kappa shape index (κ1) is 15.6. The molecule has 3 N–H and O–H groups in total. The van der Waals surface area contributed by atoms with Gasteiger partial charge in [0.25, 0.3) is 0 Å². The van der Waals surface area contributed by atoms with E-state index in [2.05, 4.69) is 57.1 Å². The summed E-state index contributed by atoms with van der Waals surface area (Å²) in [7, 11) is 0. The number of hydrogen-bond donors (Lipinski definition) is 2. The molecule has 0 aliphatic rings. The molecule has 0 amide bonds. The maximum atomic E-state index is 5.85. The van der Waals surface area contributed by atoms with Crippen molar-refractivity contribution in [3.05, 3.63) is 19.2 Å². The Bertz CT molecular complexity index is 318. The Kier molecular flexibility index (Phi) is 7.26. The van der Waals surface area contributed by atoms with Gasteiger partial charge in [-0.05, 0) is 50.4 Å². The van der Waals surface area contributed by atoms with E-state index in [1.807, 2.05) is 0 Å². The second-order valence-corrected chi connectivity index (χ2v) is 7.41. The molecular weight excluding hydrogens is 364 g/mol. The molecule has 0 spiro atoms. The lowest BCUT2D eigenvalue weighted by molar-refractivity contribution is 0.416. The van der Waals surface area contributed by atoms with Gasteiger partial charge >= 0.3 is 0 Å². The molecule has 0 saturated carbocycles. The molecule has 0 radical (unpaired) electrons. The van der Waals surface area contributed by atoms with E-state index in [-0.39, 0.29) is 6.04 Å². The summed E-state index contributed by atoms with van der Waals surface area (Å²) in [5, 5.41) is 3.57. The van der Waals surface area contributed by atoms with Gasteiger partial charge in [-0.15, -0.1) is 11.3 Å². The van der Waals surface area contributed by atoms with E-state index in [1.165, 1.54) is 17.7 Å². The van der Waals surface area contributed by atoms with Gasteiger partial charge < -0.3 is 11.1 Å². The van der Waals surface area contributed by atoms with Crippen molar-refractivity contribution in [2.45, 2.75) is 32.7 Å². The smallest absolute Gasteiger partial charge is 0.0843 e. The lowest BCUT2D eigenvalue weighted by Gasteiger charge is -2.19. The molecule has 0 bridgehead atoms. The van der Waals surface area contributed by atoms with Gasteiger partial charge in [0.1, 0.15) is 0 Å². The fourth-order valence-electron chi connectivity index (χ4n) is 1.72. The molecule has 2 nitrogen and oxygen atoms in total. The molecule has 98 valence electrons. The third-order valence-electron chi connectivity index (χ3n) is 3.05. The van der Waals surface area contributed by atoms with E-state index in [0.29, 0.717) is 6.54 Å². The number of nitrogens with one attached hydrogen (secondary N) is 1. The van der Waals surface area contributed by atoms with Gasteiger partial charge in [-0.2, -0.15) is 0 Å². The Hall–Kier alpha value is 0.580. The molecule has 17 heavy (non-hydrogen) atoms. The van der Waals surface area contributed by atoms with Crippen molar-refractivity contribution in [2.75, 3.05) is 13.1 Å². The summed E-state index contributed by atoms with van der Waals surface area (Å²) in [5.74, 6) is 0.746. The molecular formula is C12H20Br2N2S. The van der Waals surface area contributed by atoms with E-state index in [4.69, 9.17) is 5.73 Å². The van der Waals surface area contributed by atoms with Crippen LogP contribution in [0.1, 0.15) is 37.6 Å². The van der Waals surface area contributed by atoms with Crippen LogP contribution in [0.2, 0.25) is 0 Å². The van der Waals surface area contributed by atoms with Gasteiger partial charge in [-0.1, -0.05) is 26.7 Å². The summed E-state index contributed by atoms with van der Waals surface area (Å²) in [4.78, 5) is 1.29. The van der Waals surface area contributed by atoms with Crippen molar-refractivity contribution in [1.82, 2.24) is 5.32 Å². The molecule has 1 atom stereocenters. The third-order valence-corrected chi connectivity index (χ3v) is 6.42. The van der Waals surface area contributed by atoms with Gasteiger partial charge in [-0.3, -0.25) is 0 Å². The largest absolute Gasteiger partial charge is 0.329 e. The Morgan fingerprint density at radius 2 is 2.00 bits per heavy atom. The van der Waals surface area contributed by atoms with Crippen LogP contribution in [0.5, 0.6) is 0 Å². The first-order chi connectivity index (χ1) is 8.12. The second kappa shape index (κ2) is 7.89. The van der Waals surface area contributed by atoms with Crippen LogP contribution in [-0.4, -0.2) is 13.1 Å². The van der Waals surface area contributed by atoms with Crippen molar-refractivity contribution < 1.29 is 0 Å². The highest BCUT2D eigenvalue weighted by Gasteiger charge is 2.15. The number of hydrogen-bond acceptors (Lipinski definition) is 3. The molecule has 0 fully saturated rings. The van der Waals surface area contributed by atoms with Crippen LogP contribution in [0.3, 0.4) is 0 Å². The standard InChI is InChI=1S/C12H20Br2N2S/c1-3-8(4-2)7-16-10(6-15)11-5-9(13)12(14)17-11/h5,8,10,16H,3-4,6-7,15H2,1-2H3. The summed E-state index contributed by atoms with van der Waals surface area (Å²) in [6, 6.07) is 2.41. The Labute approximate surface area is 125 Å².